The van der Waals surface area contributed by atoms with Crippen molar-refractivity contribution >= 4 is 33.6 Å². The summed E-state index contributed by atoms with van der Waals surface area (Å²) in [6.07, 6.45) is 1.28. The maximum atomic E-state index is 12.1. The number of rotatable bonds is 8. The van der Waals surface area contributed by atoms with E-state index in [0.29, 0.717) is 17.5 Å². The second-order valence-electron chi connectivity index (χ2n) is 6.42. The van der Waals surface area contributed by atoms with Crippen molar-refractivity contribution in [3.05, 3.63) is 35.4 Å². The van der Waals surface area contributed by atoms with Crippen molar-refractivity contribution in [2.75, 3.05) is 25.3 Å². The number of amides is 1. The van der Waals surface area contributed by atoms with Crippen LogP contribution in [0, 0.1) is 0 Å². The molecule has 11 heteroatoms. The van der Waals surface area contributed by atoms with E-state index in [-0.39, 0.29) is 28.1 Å². The molecule has 2 rings (SSSR count). The molecular formula is C18H23N3O6S2. The Bertz CT molecular complexity index is 1010. The number of benzene rings is 1. The number of pyridine rings is 1. The predicted molar refractivity (Wildman–Crippen MR) is 111 cm³/mol. The van der Waals surface area contributed by atoms with Gasteiger partial charge in [0.2, 0.25) is 5.91 Å². The fraction of sp³-hybridized carbons (Fsp3) is 0.333. The molecule has 29 heavy (non-hydrogen) atoms. The van der Waals surface area contributed by atoms with Crippen molar-refractivity contribution in [1.29, 1.82) is 0 Å². The molecule has 0 aliphatic heterocycles. The van der Waals surface area contributed by atoms with Gasteiger partial charge in [0, 0.05) is 19.7 Å². The minimum absolute atomic E-state index is 0.0956. The van der Waals surface area contributed by atoms with Crippen molar-refractivity contribution < 1.29 is 27.6 Å². The van der Waals surface area contributed by atoms with Gasteiger partial charge in [-0.1, -0.05) is 30.8 Å². The van der Waals surface area contributed by atoms with E-state index in [1.807, 2.05) is 0 Å². The number of thioether (sulfide) groups is 1. The van der Waals surface area contributed by atoms with Gasteiger partial charge in [-0.3, -0.25) is 4.79 Å². The summed E-state index contributed by atoms with van der Waals surface area (Å²) >= 11 is 0.933. The SMILES string of the molecule is CCc1c(O)c(S[C@@H](C(N)=O)c2ccc(OS(C)(=O)=O)cc2)nc(N(C)C)c1O. The van der Waals surface area contributed by atoms with Gasteiger partial charge in [-0.05, 0) is 24.1 Å². The lowest BCUT2D eigenvalue weighted by molar-refractivity contribution is -0.117. The molecule has 0 aliphatic carbocycles. The second kappa shape index (κ2) is 8.78. The lowest BCUT2D eigenvalue weighted by Gasteiger charge is -2.20. The molecule has 0 bridgehead atoms. The van der Waals surface area contributed by atoms with Crippen LogP contribution in [0.3, 0.4) is 0 Å². The molecule has 4 N–H and O–H groups in total. The van der Waals surface area contributed by atoms with Crippen LogP contribution in [0.2, 0.25) is 0 Å². The number of hydrogen-bond acceptors (Lipinski definition) is 9. The van der Waals surface area contributed by atoms with E-state index in [0.717, 1.165) is 18.0 Å². The van der Waals surface area contributed by atoms with E-state index >= 15 is 0 Å². The van der Waals surface area contributed by atoms with Crippen LogP contribution in [0.5, 0.6) is 17.2 Å². The molecule has 1 aromatic carbocycles. The number of carbonyl (C=O) groups is 1. The number of carbonyl (C=O) groups excluding carboxylic acids is 1. The summed E-state index contributed by atoms with van der Waals surface area (Å²) in [5.41, 5.74) is 6.33. The standard InChI is InChI=1S/C18H23N3O6S2/c1-5-12-13(22)17(21(2)3)20-18(14(12)23)28-15(16(19)24)10-6-8-11(9-7-10)27-29(4,25)26/h6-9,15,22-23H,5H2,1-4H3,(H2,19,24)/t15-/m1/s1. The zero-order valence-corrected chi connectivity index (χ0v) is 18.0. The summed E-state index contributed by atoms with van der Waals surface area (Å²) in [6.45, 7) is 1.77. The number of nitrogens with zero attached hydrogens (tertiary/aromatic N) is 2. The van der Waals surface area contributed by atoms with Crippen molar-refractivity contribution in [2.45, 2.75) is 23.6 Å². The first kappa shape index (κ1) is 22.6. The van der Waals surface area contributed by atoms with Gasteiger partial charge in [0.15, 0.2) is 17.3 Å². The first-order chi connectivity index (χ1) is 13.4. The number of nitrogens with two attached hydrogens (primary N) is 1. The van der Waals surface area contributed by atoms with Crippen LogP contribution in [0.1, 0.15) is 23.3 Å². The monoisotopic (exact) mass is 441 g/mol. The van der Waals surface area contributed by atoms with Gasteiger partial charge in [-0.15, -0.1) is 0 Å². The summed E-state index contributed by atoms with van der Waals surface area (Å²) in [5.74, 6) is -0.674. The fourth-order valence-corrected chi connectivity index (χ4v) is 4.05. The Kier molecular flexibility index (Phi) is 6.85. The predicted octanol–water partition coefficient (Wildman–Crippen LogP) is 1.78. The lowest BCUT2D eigenvalue weighted by atomic mass is 10.1. The molecule has 0 aliphatic rings. The number of aromatic nitrogens is 1. The van der Waals surface area contributed by atoms with E-state index < -0.39 is 21.3 Å². The van der Waals surface area contributed by atoms with Crippen LogP contribution in [-0.4, -0.2) is 49.9 Å². The molecule has 0 fully saturated rings. The molecule has 0 radical (unpaired) electrons. The van der Waals surface area contributed by atoms with Crippen LogP contribution in [-0.2, 0) is 21.3 Å². The minimum Gasteiger partial charge on any atom is -0.505 e. The Morgan fingerprint density at radius 3 is 2.28 bits per heavy atom. The smallest absolute Gasteiger partial charge is 0.306 e. The summed E-state index contributed by atoms with van der Waals surface area (Å²) in [7, 11) is -0.287. The summed E-state index contributed by atoms with van der Waals surface area (Å²) in [4.78, 5) is 17.9. The Morgan fingerprint density at radius 1 is 1.24 bits per heavy atom. The van der Waals surface area contributed by atoms with E-state index in [9.17, 15) is 23.4 Å². The Morgan fingerprint density at radius 2 is 1.83 bits per heavy atom. The second-order valence-corrected chi connectivity index (χ2v) is 9.09. The van der Waals surface area contributed by atoms with Crippen LogP contribution in [0.15, 0.2) is 29.3 Å². The molecule has 0 saturated carbocycles. The van der Waals surface area contributed by atoms with Crippen molar-refractivity contribution in [1.82, 2.24) is 4.98 Å². The van der Waals surface area contributed by atoms with Gasteiger partial charge in [0.1, 0.15) is 16.0 Å². The first-order valence-corrected chi connectivity index (χ1v) is 11.2. The Hall–Kier alpha value is -2.66. The third kappa shape index (κ3) is 5.45. The van der Waals surface area contributed by atoms with E-state index in [1.165, 1.54) is 24.3 Å². The number of aromatic hydroxyl groups is 2. The number of primary amides is 1. The zero-order chi connectivity index (χ0) is 21.9. The Labute approximate surface area is 173 Å². The first-order valence-electron chi connectivity index (χ1n) is 8.52. The Balaban J connectivity index is 2.44. The molecule has 1 aromatic heterocycles. The topological polar surface area (TPSA) is 143 Å². The van der Waals surface area contributed by atoms with Crippen LogP contribution < -0.4 is 14.8 Å². The molecule has 1 amide bonds. The van der Waals surface area contributed by atoms with Crippen LogP contribution in [0.25, 0.3) is 0 Å². The quantitative estimate of drug-likeness (QED) is 0.412. The van der Waals surface area contributed by atoms with Crippen LogP contribution >= 0.6 is 11.8 Å². The molecule has 9 nitrogen and oxygen atoms in total. The van der Waals surface area contributed by atoms with Gasteiger partial charge in [-0.25, -0.2) is 4.98 Å². The van der Waals surface area contributed by atoms with Crippen molar-refractivity contribution in [2.24, 2.45) is 5.73 Å². The highest BCUT2D eigenvalue weighted by atomic mass is 32.2. The highest BCUT2D eigenvalue weighted by Crippen LogP contribution is 2.45. The zero-order valence-electron chi connectivity index (χ0n) is 16.4. The third-order valence-electron chi connectivity index (χ3n) is 3.89. The molecule has 2 aromatic rings. The number of anilines is 1. The van der Waals surface area contributed by atoms with E-state index in [2.05, 4.69) is 4.98 Å². The molecular weight excluding hydrogens is 418 g/mol. The van der Waals surface area contributed by atoms with Gasteiger partial charge < -0.3 is 25.0 Å². The highest BCUT2D eigenvalue weighted by Gasteiger charge is 2.26. The molecule has 1 heterocycles. The minimum atomic E-state index is -3.67. The van der Waals surface area contributed by atoms with E-state index in [1.54, 1.807) is 25.9 Å². The summed E-state index contributed by atoms with van der Waals surface area (Å²) in [6, 6.07) is 5.82. The summed E-state index contributed by atoms with van der Waals surface area (Å²) in [5, 5.41) is 20.1. The normalized spacial score (nSPS) is 12.4. The summed E-state index contributed by atoms with van der Waals surface area (Å²) < 4.78 is 27.2. The van der Waals surface area contributed by atoms with Crippen LogP contribution in [0.4, 0.5) is 5.82 Å². The van der Waals surface area contributed by atoms with Gasteiger partial charge >= 0.3 is 10.1 Å². The largest absolute Gasteiger partial charge is 0.505 e. The van der Waals surface area contributed by atoms with Gasteiger partial charge in [0.05, 0.1) is 6.26 Å². The van der Waals surface area contributed by atoms with Gasteiger partial charge in [0.25, 0.3) is 0 Å². The lowest BCUT2D eigenvalue weighted by Crippen LogP contribution is -2.19. The van der Waals surface area contributed by atoms with Crippen molar-refractivity contribution in [3.8, 4) is 17.2 Å². The number of hydrogen-bond donors (Lipinski definition) is 3. The fourth-order valence-electron chi connectivity index (χ4n) is 2.58. The highest BCUT2D eigenvalue weighted by molar-refractivity contribution is 8.00. The molecule has 1 atom stereocenters. The maximum Gasteiger partial charge on any atom is 0.306 e. The van der Waals surface area contributed by atoms with E-state index in [4.69, 9.17) is 9.92 Å². The molecule has 0 saturated heterocycles. The molecule has 0 unspecified atom stereocenters. The van der Waals surface area contributed by atoms with Crippen molar-refractivity contribution in [3.63, 3.8) is 0 Å². The average molecular weight is 442 g/mol. The molecule has 158 valence electrons. The van der Waals surface area contributed by atoms with Gasteiger partial charge in [-0.2, -0.15) is 8.42 Å². The average Bonchev–Trinajstić information content (AvgIpc) is 2.60. The third-order valence-corrected chi connectivity index (χ3v) is 5.63. The molecule has 0 spiro atoms. The maximum absolute atomic E-state index is 12.1.